The molecule has 3 fully saturated rings. The average Bonchev–Trinajstić information content (AvgIpc) is 3.29. The molecule has 3 heterocycles. The first-order valence-electron chi connectivity index (χ1n) is 10.9. The molecule has 0 bridgehead atoms. The third-order valence-corrected chi connectivity index (χ3v) is 11.4. The molecule has 1 aromatic carbocycles. The van der Waals surface area contributed by atoms with Crippen LogP contribution in [0, 0.1) is 10.7 Å². The number of hydrogen-bond donors (Lipinski definition) is 0. The zero-order chi connectivity index (χ0) is 24.8. The molecule has 2 amide bonds. The van der Waals surface area contributed by atoms with Gasteiger partial charge < -0.3 is 14.5 Å². The second-order valence-corrected chi connectivity index (χ2v) is 12.2. The van der Waals surface area contributed by atoms with Crippen LogP contribution in [-0.2, 0) is 9.53 Å². The van der Waals surface area contributed by atoms with Crippen molar-refractivity contribution in [3.8, 4) is 0 Å². The van der Waals surface area contributed by atoms with Gasteiger partial charge in [-0.1, -0.05) is 6.58 Å². The number of carbonyl (C=O) groups excluding carboxylic acids is 2. The quantitative estimate of drug-likeness (QED) is 0.210. The van der Waals surface area contributed by atoms with Gasteiger partial charge in [0.15, 0.2) is 5.60 Å². The Morgan fingerprint density at radius 2 is 1.76 bits per heavy atom. The summed E-state index contributed by atoms with van der Waals surface area (Å²) in [7, 11) is 0. The largest absolute Gasteiger partial charge is 0.342 e. The fourth-order valence-corrected chi connectivity index (χ4v) is 6.93. The van der Waals surface area contributed by atoms with Crippen LogP contribution in [0.1, 0.15) is 43.0 Å². The van der Waals surface area contributed by atoms with Crippen molar-refractivity contribution < 1.29 is 23.1 Å². The lowest BCUT2D eigenvalue weighted by Gasteiger charge is -2.37. The zero-order valence-electron chi connectivity index (χ0n) is 18.4. The first-order chi connectivity index (χ1) is 16.0. The molecule has 3 aliphatic heterocycles. The van der Waals surface area contributed by atoms with Gasteiger partial charge in [0.05, 0.1) is 11.9 Å². The van der Waals surface area contributed by atoms with Crippen LogP contribution in [-0.4, -0.2) is 52.6 Å². The molecule has 182 valence electrons. The molecule has 0 aromatic heterocycles. The van der Waals surface area contributed by atoms with Gasteiger partial charge in [-0.2, -0.15) is 0 Å². The van der Waals surface area contributed by atoms with Crippen molar-refractivity contribution in [3.05, 3.63) is 64.4 Å². The van der Waals surface area contributed by atoms with Crippen molar-refractivity contribution in [2.75, 3.05) is 13.1 Å². The summed E-state index contributed by atoms with van der Waals surface area (Å²) in [5.41, 5.74) is 0.0988. The van der Waals surface area contributed by atoms with E-state index in [-0.39, 0.29) is 24.1 Å². The number of allylic oxidation sites excluding steroid dienone is 3. The Morgan fingerprint density at radius 1 is 1.15 bits per heavy atom. The highest BCUT2D eigenvalue weighted by Crippen LogP contribution is 2.44. The van der Waals surface area contributed by atoms with Gasteiger partial charge in [0.1, 0.15) is 12.1 Å². The maximum Gasteiger partial charge on any atom is 0.257 e. The maximum atomic E-state index is 14.0. The predicted octanol–water partition coefficient (Wildman–Crippen LogP) is 6.11. The number of fused-ring (bicyclic) bond motifs is 1. The topological polar surface area (TPSA) is 49.9 Å². The molecule has 2 atom stereocenters. The molecule has 0 aliphatic carbocycles. The Morgan fingerprint density at radius 3 is 2.35 bits per heavy atom. The lowest BCUT2D eigenvalue weighted by molar-refractivity contribution is -0.142. The van der Waals surface area contributed by atoms with Crippen LogP contribution in [0.3, 0.4) is 0 Å². The Bertz CT molecular complexity index is 1090. The van der Waals surface area contributed by atoms with E-state index >= 15 is 0 Å². The van der Waals surface area contributed by atoms with Gasteiger partial charge in [-0.25, -0.2) is 8.78 Å². The van der Waals surface area contributed by atoms with Crippen LogP contribution in [0.15, 0.2) is 48.1 Å². The molecule has 3 saturated heterocycles. The number of benzene rings is 1. The summed E-state index contributed by atoms with van der Waals surface area (Å²) in [4.78, 5) is 30.0. The van der Waals surface area contributed by atoms with Crippen molar-refractivity contribution in [3.63, 3.8) is 0 Å². The van der Waals surface area contributed by atoms with E-state index in [9.17, 15) is 18.4 Å². The molecule has 0 N–H and O–H groups in total. The first kappa shape index (κ1) is 26.5. The summed E-state index contributed by atoms with van der Waals surface area (Å²) in [5.74, 6) is -1.54. The monoisotopic (exact) mass is 806 g/mol. The van der Waals surface area contributed by atoms with Gasteiger partial charge in [0.25, 0.3) is 11.8 Å². The van der Waals surface area contributed by atoms with E-state index < -0.39 is 17.3 Å². The second kappa shape index (κ2) is 10.4. The number of hydrogen-bond acceptors (Lipinski definition) is 3. The highest BCUT2D eigenvalue weighted by Gasteiger charge is 2.58. The van der Waals surface area contributed by atoms with Crippen molar-refractivity contribution >= 4 is 79.6 Å². The summed E-state index contributed by atoms with van der Waals surface area (Å²) < 4.78 is 36.4. The summed E-state index contributed by atoms with van der Waals surface area (Å²) in [5, 5.41) is 0. The molecular formula is C24H23F2I3N2O3. The standard InChI is InChI=1S/C24H23F2I3N2O3/c1-13(9-16(26)10-14(2)25)19-3-4-20-31(19)23(33)24(34-20)5-7-30(8-6-24)22(32)15-11-17(27)21(29)18(28)12-15/h9-12,19-20H,1,3-8H2,2H3/b14-10+,16-9+/t19-,20+/m0/s1. The van der Waals surface area contributed by atoms with Crippen molar-refractivity contribution in [1.82, 2.24) is 9.80 Å². The highest BCUT2D eigenvalue weighted by atomic mass is 127. The third-order valence-electron chi connectivity index (χ3n) is 6.50. The molecule has 0 unspecified atom stereocenters. The summed E-state index contributed by atoms with van der Waals surface area (Å²) >= 11 is 6.74. The Labute approximate surface area is 238 Å². The lowest BCUT2D eigenvalue weighted by Crippen LogP contribution is -2.52. The lowest BCUT2D eigenvalue weighted by atomic mass is 9.89. The first-order valence-corrected chi connectivity index (χ1v) is 14.1. The van der Waals surface area contributed by atoms with E-state index in [2.05, 4.69) is 74.4 Å². The fourth-order valence-electron chi connectivity index (χ4n) is 4.85. The minimum atomic E-state index is -0.965. The molecule has 4 rings (SSSR count). The molecule has 34 heavy (non-hydrogen) atoms. The van der Waals surface area contributed by atoms with Gasteiger partial charge >= 0.3 is 0 Å². The Balaban J connectivity index is 1.45. The number of amides is 2. The fraction of sp³-hybridized carbons (Fsp3) is 0.417. The van der Waals surface area contributed by atoms with E-state index in [1.54, 1.807) is 9.80 Å². The van der Waals surface area contributed by atoms with Crippen molar-refractivity contribution in [2.45, 2.75) is 50.5 Å². The van der Waals surface area contributed by atoms with Crippen molar-refractivity contribution in [2.24, 2.45) is 0 Å². The molecule has 10 heteroatoms. The van der Waals surface area contributed by atoms with E-state index in [0.717, 1.165) is 16.8 Å². The molecule has 3 aliphatic rings. The number of likely N-dealkylation sites (tertiary alicyclic amines) is 1. The summed E-state index contributed by atoms with van der Waals surface area (Å²) in [6, 6.07) is 3.41. The number of ether oxygens (including phenoxy) is 1. The van der Waals surface area contributed by atoms with Gasteiger partial charge in [-0.05, 0) is 111 Å². The van der Waals surface area contributed by atoms with Crippen LogP contribution in [0.25, 0.3) is 0 Å². The zero-order valence-corrected chi connectivity index (χ0v) is 24.9. The molecule has 1 aromatic rings. The molecule has 0 saturated carbocycles. The van der Waals surface area contributed by atoms with Crippen LogP contribution in [0.2, 0.25) is 0 Å². The molecule has 0 radical (unpaired) electrons. The van der Waals surface area contributed by atoms with Gasteiger partial charge in [0, 0.05) is 48.3 Å². The summed E-state index contributed by atoms with van der Waals surface area (Å²) in [6.45, 7) is 5.94. The molecule has 5 nitrogen and oxygen atoms in total. The van der Waals surface area contributed by atoms with E-state index in [0.29, 0.717) is 49.9 Å². The maximum absolute atomic E-state index is 14.0. The second-order valence-electron chi connectivity index (χ2n) is 8.75. The highest BCUT2D eigenvalue weighted by molar-refractivity contribution is 14.1. The van der Waals surface area contributed by atoms with E-state index in [1.165, 1.54) is 13.0 Å². The van der Waals surface area contributed by atoms with E-state index in [1.807, 2.05) is 12.1 Å². The molecular weight excluding hydrogens is 783 g/mol. The summed E-state index contributed by atoms with van der Waals surface area (Å²) in [6.07, 6.45) is 3.66. The minimum Gasteiger partial charge on any atom is -0.342 e. The number of nitrogens with zero attached hydrogens (tertiary/aromatic N) is 2. The Hall–Kier alpha value is -0.610. The normalized spacial score (nSPS) is 24.7. The van der Waals surface area contributed by atoms with Crippen LogP contribution < -0.4 is 0 Å². The molecule has 1 spiro atoms. The van der Waals surface area contributed by atoms with Crippen LogP contribution in [0.5, 0.6) is 0 Å². The van der Waals surface area contributed by atoms with E-state index in [4.69, 9.17) is 4.74 Å². The minimum absolute atomic E-state index is 0.0453. The average molecular weight is 806 g/mol. The predicted molar refractivity (Wildman–Crippen MR) is 150 cm³/mol. The Kier molecular flexibility index (Phi) is 8.09. The van der Waals surface area contributed by atoms with Crippen LogP contribution in [0.4, 0.5) is 8.78 Å². The smallest absolute Gasteiger partial charge is 0.257 e. The number of carbonyl (C=O) groups is 2. The van der Waals surface area contributed by atoms with Crippen molar-refractivity contribution in [1.29, 1.82) is 0 Å². The number of rotatable bonds is 4. The van der Waals surface area contributed by atoms with Gasteiger partial charge in [0.2, 0.25) is 0 Å². The number of halogens is 5. The van der Waals surface area contributed by atoms with Crippen LogP contribution >= 0.6 is 67.8 Å². The number of piperidine rings is 1. The van der Waals surface area contributed by atoms with Gasteiger partial charge in [-0.3, -0.25) is 9.59 Å². The third kappa shape index (κ3) is 5.10. The SMILES string of the molecule is C=C(/C=C(F)\C=C(/C)F)[C@@H]1CC[C@H]2OC3(CCN(C(=O)c4cc(I)c(I)c(I)c4)CC3)C(=O)N21. The van der Waals surface area contributed by atoms with Gasteiger partial charge in [-0.15, -0.1) is 0 Å².